The summed E-state index contributed by atoms with van der Waals surface area (Å²) < 4.78 is 0. The van der Waals surface area contributed by atoms with Crippen LogP contribution in [0.3, 0.4) is 0 Å². The maximum Gasteiger partial charge on any atom is 0.191 e. The lowest BCUT2D eigenvalue weighted by atomic mass is 10.2. The van der Waals surface area contributed by atoms with E-state index in [1.54, 1.807) is 0 Å². The molecule has 5 heteroatoms. The lowest BCUT2D eigenvalue weighted by Gasteiger charge is -2.16. The van der Waals surface area contributed by atoms with Gasteiger partial charge in [-0.25, -0.2) is 0 Å². The Bertz CT molecular complexity index is 373. The predicted octanol–water partition coefficient (Wildman–Crippen LogP) is 2.70. The summed E-state index contributed by atoms with van der Waals surface area (Å²) in [5.41, 5.74) is 1.36. The number of hydrogen-bond acceptors (Lipinski definition) is 2. The fourth-order valence-corrected chi connectivity index (χ4v) is 2.01. The largest absolute Gasteiger partial charge is 0.357 e. The van der Waals surface area contributed by atoms with Gasteiger partial charge in [-0.3, -0.25) is 4.99 Å². The molecule has 0 bridgehead atoms. The van der Waals surface area contributed by atoms with Gasteiger partial charge < -0.3 is 15.5 Å². The number of nitrogens with one attached hydrogen (secondary N) is 2. The predicted molar refractivity (Wildman–Crippen MR) is 102 cm³/mol. The summed E-state index contributed by atoms with van der Waals surface area (Å²) in [6, 6.07) is 10.6. The molecule has 0 aliphatic rings. The van der Waals surface area contributed by atoms with Crippen molar-refractivity contribution in [3.63, 3.8) is 0 Å². The molecule has 0 heterocycles. The molecule has 0 radical (unpaired) electrons. The van der Waals surface area contributed by atoms with Crippen LogP contribution in [0.25, 0.3) is 0 Å². The molecule has 0 spiro atoms. The third-order valence-corrected chi connectivity index (χ3v) is 2.95. The number of halogens is 1. The second kappa shape index (κ2) is 12.9. The van der Waals surface area contributed by atoms with Crippen LogP contribution in [-0.4, -0.2) is 44.1 Å². The van der Waals surface area contributed by atoms with Gasteiger partial charge in [-0.15, -0.1) is 24.0 Å². The molecule has 1 aromatic carbocycles. The van der Waals surface area contributed by atoms with Gasteiger partial charge in [0.15, 0.2) is 5.96 Å². The molecule has 0 amide bonds. The second-order valence-corrected chi connectivity index (χ2v) is 4.87. The van der Waals surface area contributed by atoms with Crippen LogP contribution < -0.4 is 10.6 Å². The molecule has 1 rings (SSSR count). The molecule has 0 aromatic heterocycles. The van der Waals surface area contributed by atoms with Crippen LogP contribution in [0.5, 0.6) is 0 Å². The van der Waals surface area contributed by atoms with E-state index in [0.717, 1.165) is 45.1 Å². The number of nitrogens with zero attached hydrogens (tertiary/aromatic N) is 2. The van der Waals surface area contributed by atoms with Crippen molar-refractivity contribution in [1.82, 2.24) is 15.5 Å². The molecule has 0 saturated carbocycles. The third-order valence-electron chi connectivity index (χ3n) is 2.95. The van der Waals surface area contributed by atoms with Crippen LogP contribution in [0, 0.1) is 0 Å². The van der Waals surface area contributed by atoms with Crippen molar-refractivity contribution in [2.75, 3.05) is 33.2 Å². The number of hydrogen-bond donors (Lipinski definition) is 2. The topological polar surface area (TPSA) is 39.7 Å². The first-order valence-corrected chi connectivity index (χ1v) is 7.51. The standard InChI is InChI=1S/C16H28N4.HI/c1-4-17-16(18-5-2)19-12-9-13-20(3)14-15-10-7-6-8-11-15;/h6-8,10-11H,4-5,9,12-14H2,1-3H3,(H2,17,18,19);1H. The fourth-order valence-electron chi connectivity index (χ4n) is 2.01. The lowest BCUT2D eigenvalue weighted by Crippen LogP contribution is -2.37. The van der Waals surface area contributed by atoms with Crippen LogP contribution in [0.15, 0.2) is 35.3 Å². The van der Waals surface area contributed by atoms with Crippen molar-refractivity contribution in [2.45, 2.75) is 26.8 Å². The molecule has 4 nitrogen and oxygen atoms in total. The average molecular weight is 404 g/mol. The summed E-state index contributed by atoms with van der Waals surface area (Å²) in [5.74, 6) is 0.917. The van der Waals surface area contributed by atoms with Crippen LogP contribution >= 0.6 is 24.0 Å². The SMILES string of the molecule is CCNC(=NCCCN(C)Cc1ccccc1)NCC.I. The monoisotopic (exact) mass is 404 g/mol. The minimum atomic E-state index is 0. The van der Waals surface area contributed by atoms with E-state index in [0.29, 0.717) is 0 Å². The highest BCUT2D eigenvalue weighted by atomic mass is 127. The molecule has 0 unspecified atom stereocenters. The van der Waals surface area contributed by atoms with Crippen molar-refractivity contribution in [2.24, 2.45) is 4.99 Å². The van der Waals surface area contributed by atoms with Gasteiger partial charge in [0.2, 0.25) is 0 Å². The molecule has 0 saturated heterocycles. The molecule has 0 fully saturated rings. The van der Waals surface area contributed by atoms with Crippen LogP contribution in [0.1, 0.15) is 25.8 Å². The quantitative estimate of drug-likeness (QED) is 0.303. The maximum atomic E-state index is 4.55. The summed E-state index contributed by atoms with van der Waals surface area (Å²) in [6.07, 6.45) is 1.07. The van der Waals surface area contributed by atoms with Crippen molar-refractivity contribution >= 4 is 29.9 Å². The third kappa shape index (κ3) is 9.68. The smallest absolute Gasteiger partial charge is 0.191 e. The first-order valence-electron chi connectivity index (χ1n) is 7.51. The van der Waals surface area contributed by atoms with Crippen LogP contribution in [0.4, 0.5) is 0 Å². The Kier molecular flexibility index (Phi) is 12.4. The van der Waals surface area contributed by atoms with E-state index in [-0.39, 0.29) is 24.0 Å². The molecule has 120 valence electrons. The minimum Gasteiger partial charge on any atom is -0.357 e. The first-order chi connectivity index (χ1) is 9.76. The van der Waals surface area contributed by atoms with E-state index < -0.39 is 0 Å². The lowest BCUT2D eigenvalue weighted by molar-refractivity contribution is 0.324. The van der Waals surface area contributed by atoms with E-state index in [4.69, 9.17) is 0 Å². The molecule has 2 N–H and O–H groups in total. The summed E-state index contributed by atoms with van der Waals surface area (Å²) in [5, 5.41) is 6.47. The van der Waals surface area contributed by atoms with E-state index in [2.05, 4.69) is 71.8 Å². The van der Waals surface area contributed by atoms with E-state index >= 15 is 0 Å². The Morgan fingerprint density at radius 2 is 1.71 bits per heavy atom. The van der Waals surface area contributed by atoms with E-state index in [9.17, 15) is 0 Å². The molecular weight excluding hydrogens is 375 g/mol. The number of aliphatic imine (C=N–C) groups is 1. The molecule has 0 aliphatic carbocycles. The van der Waals surface area contributed by atoms with Crippen LogP contribution in [-0.2, 0) is 6.54 Å². The Morgan fingerprint density at radius 3 is 2.29 bits per heavy atom. The van der Waals surface area contributed by atoms with E-state index in [1.165, 1.54) is 5.56 Å². The number of benzene rings is 1. The van der Waals surface area contributed by atoms with Gasteiger partial charge in [-0.1, -0.05) is 30.3 Å². The highest BCUT2D eigenvalue weighted by Gasteiger charge is 2.00. The summed E-state index contributed by atoms with van der Waals surface area (Å²) in [4.78, 5) is 6.89. The Morgan fingerprint density at radius 1 is 1.10 bits per heavy atom. The normalized spacial score (nSPS) is 9.90. The molecule has 0 aliphatic heterocycles. The summed E-state index contributed by atoms with van der Waals surface area (Å²) >= 11 is 0. The van der Waals surface area contributed by atoms with Crippen molar-refractivity contribution < 1.29 is 0 Å². The molecule has 21 heavy (non-hydrogen) atoms. The number of rotatable bonds is 8. The zero-order valence-corrected chi connectivity index (χ0v) is 15.8. The average Bonchev–Trinajstić information content (AvgIpc) is 2.45. The first kappa shape index (κ1) is 20.2. The summed E-state index contributed by atoms with van der Waals surface area (Å²) in [6.45, 7) is 8.89. The Labute approximate surface area is 146 Å². The number of guanidine groups is 1. The van der Waals surface area contributed by atoms with Gasteiger partial charge in [0.05, 0.1) is 0 Å². The van der Waals surface area contributed by atoms with Gasteiger partial charge in [0.1, 0.15) is 0 Å². The van der Waals surface area contributed by atoms with Gasteiger partial charge in [0.25, 0.3) is 0 Å². The van der Waals surface area contributed by atoms with Gasteiger partial charge in [0, 0.05) is 26.2 Å². The highest BCUT2D eigenvalue weighted by molar-refractivity contribution is 14.0. The van der Waals surface area contributed by atoms with Crippen LogP contribution in [0.2, 0.25) is 0 Å². The molecule has 0 atom stereocenters. The van der Waals surface area contributed by atoms with Gasteiger partial charge in [-0.05, 0) is 39.4 Å². The zero-order valence-electron chi connectivity index (χ0n) is 13.4. The Hall–Kier alpha value is -0.820. The summed E-state index contributed by atoms with van der Waals surface area (Å²) in [7, 11) is 2.16. The van der Waals surface area contributed by atoms with E-state index in [1.807, 2.05) is 0 Å². The molecular formula is C16H29IN4. The van der Waals surface area contributed by atoms with Gasteiger partial charge in [-0.2, -0.15) is 0 Å². The zero-order chi connectivity index (χ0) is 14.6. The highest BCUT2D eigenvalue weighted by Crippen LogP contribution is 2.02. The van der Waals surface area contributed by atoms with Crippen molar-refractivity contribution in [3.05, 3.63) is 35.9 Å². The van der Waals surface area contributed by atoms with Gasteiger partial charge >= 0.3 is 0 Å². The second-order valence-electron chi connectivity index (χ2n) is 4.87. The molecule has 1 aromatic rings. The van der Waals surface area contributed by atoms with Crippen molar-refractivity contribution in [1.29, 1.82) is 0 Å². The maximum absolute atomic E-state index is 4.55. The Balaban J connectivity index is 0.00000400. The van der Waals surface area contributed by atoms with Crippen molar-refractivity contribution in [3.8, 4) is 0 Å². The minimum absolute atomic E-state index is 0. The fraction of sp³-hybridized carbons (Fsp3) is 0.562.